The molecule has 3 rings (SSSR count). The Labute approximate surface area is 149 Å². The van der Waals surface area contributed by atoms with Gasteiger partial charge in [0.2, 0.25) is 0 Å². The molecule has 0 atom stereocenters. The zero-order chi connectivity index (χ0) is 18.7. The van der Waals surface area contributed by atoms with Gasteiger partial charge in [-0.1, -0.05) is 12.1 Å². The molecule has 0 aliphatic heterocycles. The summed E-state index contributed by atoms with van der Waals surface area (Å²) in [5, 5.41) is 22.2. The lowest BCUT2D eigenvalue weighted by molar-refractivity contribution is 0.0949. The van der Waals surface area contributed by atoms with Crippen molar-refractivity contribution in [2.75, 3.05) is 6.54 Å². The van der Waals surface area contributed by atoms with Crippen LogP contribution in [0, 0.1) is 6.92 Å². The number of phenolic OH excluding ortho intramolecular Hbond substituents is 2. The first kappa shape index (κ1) is 17.5. The van der Waals surface area contributed by atoms with E-state index in [1.165, 1.54) is 12.1 Å². The molecule has 0 saturated heterocycles. The summed E-state index contributed by atoms with van der Waals surface area (Å²) in [5.41, 5.74) is 1.22. The second-order valence-electron chi connectivity index (χ2n) is 6.15. The quantitative estimate of drug-likeness (QED) is 0.484. The SMILES string of the molecule is Cc1cc(O)cc2oc(=O)c(C(=O)NCCCc3ccc(O)cc3)cc12. The van der Waals surface area contributed by atoms with Gasteiger partial charge in [-0.3, -0.25) is 4.79 Å². The van der Waals surface area contributed by atoms with E-state index in [2.05, 4.69) is 5.32 Å². The minimum atomic E-state index is -0.737. The summed E-state index contributed by atoms with van der Waals surface area (Å²) in [7, 11) is 0. The van der Waals surface area contributed by atoms with Crippen LogP contribution in [0.15, 0.2) is 51.7 Å². The third-order valence-corrected chi connectivity index (χ3v) is 4.15. The molecule has 26 heavy (non-hydrogen) atoms. The Bertz CT molecular complexity index is 1010. The molecule has 0 aliphatic rings. The lowest BCUT2D eigenvalue weighted by Crippen LogP contribution is -2.29. The molecule has 134 valence electrons. The van der Waals surface area contributed by atoms with E-state index >= 15 is 0 Å². The molecule has 0 spiro atoms. The third kappa shape index (κ3) is 3.85. The van der Waals surface area contributed by atoms with Gasteiger partial charge in [0.05, 0.1) is 0 Å². The predicted octanol–water partition coefficient (Wildman–Crippen LogP) is 2.88. The molecular formula is C20H19NO5. The fraction of sp³-hybridized carbons (Fsp3) is 0.200. The average molecular weight is 353 g/mol. The number of carbonyl (C=O) groups excluding carboxylic acids is 1. The number of benzene rings is 2. The number of amides is 1. The maximum atomic E-state index is 12.3. The zero-order valence-electron chi connectivity index (χ0n) is 14.3. The fourth-order valence-corrected chi connectivity index (χ4v) is 2.79. The highest BCUT2D eigenvalue weighted by atomic mass is 16.4. The van der Waals surface area contributed by atoms with Gasteiger partial charge < -0.3 is 19.9 Å². The molecule has 6 heteroatoms. The van der Waals surface area contributed by atoms with Crippen molar-refractivity contribution in [2.24, 2.45) is 0 Å². The second kappa shape index (κ2) is 7.31. The second-order valence-corrected chi connectivity index (χ2v) is 6.15. The molecule has 0 unspecified atom stereocenters. The van der Waals surface area contributed by atoms with E-state index in [1.54, 1.807) is 25.1 Å². The molecule has 1 aromatic heterocycles. The van der Waals surface area contributed by atoms with Crippen molar-refractivity contribution in [2.45, 2.75) is 19.8 Å². The minimum absolute atomic E-state index is 0.00424. The Hall–Kier alpha value is -3.28. The first-order valence-electron chi connectivity index (χ1n) is 8.27. The molecule has 3 N–H and O–H groups in total. The van der Waals surface area contributed by atoms with Gasteiger partial charge in [-0.15, -0.1) is 0 Å². The topological polar surface area (TPSA) is 99.8 Å². The summed E-state index contributed by atoms with van der Waals surface area (Å²) >= 11 is 0. The first-order valence-corrected chi connectivity index (χ1v) is 8.27. The van der Waals surface area contributed by atoms with Crippen LogP contribution >= 0.6 is 0 Å². The number of aromatic hydroxyl groups is 2. The van der Waals surface area contributed by atoms with Crippen molar-refractivity contribution in [3.63, 3.8) is 0 Å². The number of aryl methyl sites for hydroxylation is 2. The Morgan fingerprint density at radius 2 is 1.81 bits per heavy atom. The molecule has 0 fully saturated rings. The number of phenols is 2. The predicted molar refractivity (Wildman–Crippen MR) is 97.6 cm³/mol. The van der Waals surface area contributed by atoms with E-state index in [0.29, 0.717) is 23.9 Å². The maximum Gasteiger partial charge on any atom is 0.349 e. The van der Waals surface area contributed by atoms with Gasteiger partial charge in [-0.25, -0.2) is 4.79 Å². The van der Waals surface area contributed by atoms with Gasteiger partial charge in [-0.05, 0) is 55.2 Å². The van der Waals surface area contributed by atoms with Crippen molar-refractivity contribution < 1.29 is 19.4 Å². The van der Waals surface area contributed by atoms with Crippen molar-refractivity contribution in [3.8, 4) is 11.5 Å². The molecule has 0 bridgehead atoms. The monoisotopic (exact) mass is 353 g/mol. The van der Waals surface area contributed by atoms with E-state index in [1.807, 2.05) is 12.1 Å². The molecule has 1 heterocycles. The minimum Gasteiger partial charge on any atom is -0.508 e. The Morgan fingerprint density at radius 3 is 2.54 bits per heavy atom. The maximum absolute atomic E-state index is 12.3. The van der Waals surface area contributed by atoms with E-state index in [0.717, 1.165) is 12.0 Å². The molecule has 0 aliphatic carbocycles. The zero-order valence-corrected chi connectivity index (χ0v) is 14.3. The summed E-state index contributed by atoms with van der Waals surface area (Å²) in [5.74, 6) is -0.267. The first-order chi connectivity index (χ1) is 12.4. The Balaban J connectivity index is 1.66. The largest absolute Gasteiger partial charge is 0.508 e. The van der Waals surface area contributed by atoms with Crippen LogP contribution in [0.4, 0.5) is 0 Å². The van der Waals surface area contributed by atoms with Crippen LogP contribution < -0.4 is 10.9 Å². The smallest absolute Gasteiger partial charge is 0.349 e. The van der Waals surface area contributed by atoms with E-state index in [-0.39, 0.29) is 22.6 Å². The molecular weight excluding hydrogens is 334 g/mol. The number of hydrogen-bond donors (Lipinski definition) is 3. The molecule has 0 radical (unpaired) electrons. The fourth-order valence-electron chi connectivity index (χ4n) is 2.79. The van der Waals surface area contributed by atoms with Gasteiger partial charge in [0.1, 0.15) is 22.6 Å². The van der Waals surface area contributed by atoms with Crippen molar-refractivity contribution in [1.82, 2.24) is 5.32 Å². The third-order valence-electron chi connectivity index (χ3n) is 4.15. The summed E-state index contributed by atoms with van der Waals surface area (Å²) < 4.78 is 5.16. The van der Waals surface area contributed by atoms with Crippen LogP contribution in [0.1, 0.15) is 27.9 Å². The van der Waals surface area contributed by atoms with Gasteiger partial charge in [0.15, 0.2) is 0 Å². The molecule has 3 aromatic rings. The Kier molecular flexibility index (Phi) is 4.93. The number of fused-ring (bicyclic) bond motifs is 1. The molecule has 0 saturated carbocycles. The Morgan fingerprint density at radius 1 is 1.08 bits per heavy atom. The summed E-state index contributed by atoms with van der Waals surface area (Å²) in [4.78, 5) is 24.3. The lowest BCUT2D eigenvalue weighted by Gasteiger charge is -2.07. The van der Waals surface area contributed by atoms with Crippen molar-refractivity contribution >= 4 is 16.9 Å². The van der Waals surface area contributed by atoms with Crippen LogP contribution in [0.2, 0.25) is 0 Å². The van der Waals surface area contributed by atoms with E-state index in [4.69, 9.17) is 4.42 Å². The highest BCUT2D eigenvalue weighted by Crippen LogP contribution is 2.23. The van der Waals surface area contributed by atoms with Crippen LogP contribution in [0.25, 0.3) is 11.0 Å². The molecule has 6 nitrogen and oxygen atoms in total. The normalized spacial score (nSPS) is 10.8. The summed E-state index contributed by atoms with van der Waals surface area (Å²) in [6.45, 7) is 2.17. The standard InChI is InChI=1S/C20H19NO5/c1-12-9-15(23)10-18-16(12)11-17(20(25)26-18)19(24)21-8-2-3-13-4-6-14(22)7-5-13/h4-7,9-11,22-23H,2-3,8H2,1H3,(H,21,24). The molecule has 2 aromatic carbocycles. The number of rotatable bonds is 5. The average Bonchev–Trinajstić information content (AvgIpc) is 2.59. The summed E-state index contributed by atoms with van der Waals surface area (Å²) in [6.07, 6.45) is 1.44. The van der Waals surface area contributed by atoms with Gasteiger partial charge in [-0.2, -0.15) is 0 Å². The highest BCUT2D eigenvalue weighted by molar-refractivity contribution is 5.97. The highest BCUT2D eigenvalue weighted by Gasteiger charge is 2.14. The number of carbonyl (C=O) groups is 1. The summed E-state index contributed by atoms with van der Waals surface area (Å²) in [6, 6.07) is 11.3. The van der Waals surface area contributed by atoms with Gasteiger partial charge in [0, 0.05) is 18.0 Å². The number of hydrogen-bond acceptors (Lipinski definition) is 5. The van der Waals surface area contributed by atoms with Crippen LogP contribution in [0.5, 0.6) is 11.5 Å². The van der Waals surface area contributed by atoms with Crippen LogP contribution in [-0.4, -0.2) is 22.7 Å². The van der Waals surface area contributed by atoms with Crippen molar-refractivity contribution in [1.29, 1.82) is 0 Å². The van der Waals surface area contributed by atoms with E-state index < -0.39 is 11.5 Å². The van der Waals surface area contributed by atoms with Gasteiger partial charge in [0.25, 0.3) is 5.91 Å². The van der Waals surface area contributed by atoms with E-state index in [9.17, 15) is 19.8 Å². The van der Waals surface area contributed by atoms with Crippen molar-refractivity contribution in [3.05, 3.63) is 69.6 Å². The number of nitrogens with one attached hydrogen (secondary N) is 1. The van der Waals surface area contributed by atoms with Crippen LogP contribution in [-0.2, 0) is 6.42 Å². The van der Waals surface area contributed by atoms with Gasteiger partial charge >= 0.3 is 5.63 Å². The lowest BCUT2D eigenvalue weighted by atomic mass is 10.1. The van der Waals surface area contributed by atoms with Crippen LogP contribution in [0.3, 0.4) is 0 Å². The molecule has 1 amide bonds.